The summed E-state index contributed by atoms with van der Waals surface area (Å²) < 4.78 is 11.2. The van der Waals surface area contributed by atoms with Crippen molar-refractivity contribution < 1.29 is 13.9 Å². The molecule has 0 unspecified atom stereocenters. The first-order valence-corrected chi connectivity index (χ1v) is 6.69. The molecular weight excluding hydrogens is 310 g/mol. The summed E-state index contributed by atoms with van der Waals surface area (Å²) in [4.78, 5) is 12.0. The number of hydrogen-bond acceptors (Lipinski definition) is 3. The van der Waals surface area contributed by atoms with E-state index in [9.17, 15) is 4.79 Å². The van der Waals surface area contributed by atoms with Gasteiger partial charge in [-0.1, -0.05) is 6.07 Å². The molecule has 4 nitrogen and oxygen atoms in total. The van der Waals surface area contributed by atoms with Crippen LogP contribution in [0.4, 0.5) is 5.69 Å². The second-order valence-corrected chi connectivity index (χ2v) is 4.77. The first-order chi connectivity index (χ1) is 9.10. The number of halogens is 1. The zero-order chi connectivity index (χ0) is 13.8. The highest BCUT2D eigenvalue weighted by molar-refractivity contribution is 9.10. The topological polar surface area (TPSA) is 51.5 Å². The first-order valence-electron chi connectivity index (χ1n) is 5.90. The molecule has 0 aliphatic heterocycles. The van der Waals surface area contributed by atoms with E-state index < -0.39 is 0 Å². The summed E-state index contributed by atoms with van der Waals surface area (Å²) in [5, 5.41) is 2.77. The zero-order valence-corrected chi connectivity index (χ0v) is 12.3. The van der Waals surface area contributed by atoms with Gasteiger partial charge in [-0.25, -0.2) is 0 Å². The Morgan fingerprint density at radius 3 is 2.79 bits per heavy atom. The third kappa shape index (κ3) is 3.38. The van der Waals surface area contributed by atoms with Crippen molar-refractivity contribution in [2.24, 2.45) is 0 Å². The fourth-order valence-corrected chi connectivity index (χ4v) is 1.93. The molecule has 0 saturated heterocycles. The maximum atomic E-state index is 12.0. The van der Waals surface area contributed by atoms with E-state index in [-0.39, 0.29) is 11.7 Å². The van der Waals surface area contributed by atoms with Crippen molar-refractivity contribution in [2.75, 3.05) is 11.9 Å². The van der Waals surface area contributed by atoms with Gasteiger partial charge in [0, 0.05) is 0 Å². The van der Waals surface area contributed by atoms with Crippen LogP contribution in [-0.4, -0.2) is 12.5 Å². The molecule has 1 N–H and O–H groups in total. The Kier molecular flexibility index (Phi) is 4.27. The number of rotatable bonds is 4. The lowest BCUT2D eigenvalue weighted by Gasteiger charge is -2.11. The number of aryl methyl sites for hydroxylation is 1. The Labute approximate surface area is 119 Å². The van der Waals surface area contributed by atoms with Gasteiger partial charge >= 0.3 is 0 Å². The minimum atomic E-state index is -0.310. The van der Waals surface area contributed by atoms with Crippen LogP contribution in [0.3, 0.4) is 0 Å². The molecule has 1 amide bonds. The van der Waals surface area contributed by atoms with Gasteiger partial charge in [0.15, 0.2) is 10.4 Å². The monoisotopic (exact) mass is 323 g/mol. The Hall–Kier alpha value is -1.75. The standard InChI is InChI=1S/C14H14BrNO3/c1-3-18-12-8-9(2)4-5-10(12)16-14(17)11-6-7-13(15)19-11/h4-8H,3H2,1-2H3,(H,16,17). The van der Waals surface area contributed by atoms with E-state index >= 15 is 0 Å². The fourth-order valence-electron chi connectivity index (χ4n) is 1.63. The smallest absolute Gasteiger partial charge is 0.291 e. The van der Waals surface area contributed by atoms with Gasteiger partial charge in [-0.2, -0.15) is 0 Å². The molecule has 1 heterocycles. The van der Waals surface area contributed by atoms with Crippen molar-refractivity contribution in [1.82, 2.24) is 0 Å². The maximum Gasteiger partial charge on any atom is 0.291 e. The van der Waals surface area contributed by atoms with Crippen molar-refractivity contribution in [3.8, 4) is 5.75 Å². The molecule has 0 aliphatic rings. The summed E-state index contributed by atoms with van der Waals surface area (Å²) in [6, 6.07) is 8.89. The predicted molar refractivity (Wildman–Crippen MR) is 76.7 cm³/mol. The number of anilines is 1. The van der Waals surface area contributed by atoms with E-state index in [0.717, 1.165) is 5.56 Å². The van der Waals surface area contributed by atoms with Crippen LogP contribution >= 0.6 is 15.9 Å². The van der Waals surface area contributed by atoms with Crippen molar-refractivity contribution in [2.45, 2.75) is 13.8 Å². The van der Waals surface area contributed by atoms with Crippen LogP contribution in [0.1, 0.15) is 23.0 Å². The van der Waals surface area contributed by atoms with E-state index in [1.54, 1.807) is 12.1 Å². The number of amides is 1. The number of hydrogen-bond donors (Lipinski definition) is 1. The number of furan rings is 1. The summed E-state index contributed by atoms with van der Waals surface area (Å²) >= 11 is 3.16. The van der Waals surface area contributed by atoms with Gasteiger partial charge in [-0.05, 0) is 59.6 Å². The van der Waals surface area contributed by atoms with Crippen LogP contribution in [0.5, 0.6) is 5.75 Å². The highest BCUT2D eigenvalue weighted by Crippen LogP contribution is 2.26. The molecule has 5 heteroatoms. The highest BCUT2D eigenvalue weighted by atomic mass is 79.9. The van der Waals surface area contributed by atoms with E-state index in [0.29, 0.717) is 22.7 Å². The highest BCUT2D eigenvalue weighted by Gasteiger charge is 2.13. The van der Waals surface area contributed by atoms with E-state index in [4.69, 9.17) is 9.15 Å². The number of carbonyl (C=O) groups excluding carboxylic acids is 1. The normalized spacial score (nSPS) is 10.3. The SMILES string of the molecule is CCOc1cc(C)ccc1NC(=O)c1ccc(Br)o1. The lowest BCUT2D eigenvalue weighted by atomic mass is 10.2. The van der Waals surface area contributed by atoms with Gasteiger partial charge in [0.05, 0.1) is 12.3 Å². The average molecular weight is 324 g/mol. The predicted octanol–water partition coefficient (Wildman–Crippen LogP) is 4.00. The van der Waals surface area contributed by atoms with Gasteiger partial charge in [-0.15, -0.1) is 0 Å². The summed E-state index contributed by atoms with van der Waals surface area (Å²) in [5.41, 5.74) is 1.70. The Morgan fingerprint density at radius 1 is 1.37 bits per heavy atom. The molecule has 19 heavy (non-hydrogen) atoms. The fraction of sp³-hybridized carbons (Fsp3) is 0.214. The number of carbonyl (C=O) groups is 1. The lowest BCUT2D eigenvalue weighted by molar-refractivity contribution is 0.0995. The van der Waals surface area contributed by atoms with Gasteiger partial charge in [0.1, 0.15) is 5.75 Å². The molecular formula is C14H14BrNO3. The minimum absolute atomic E-state index is 0.245. The van der Waals surface area contributed by atoms with Crippen molar-refractivity contribution in [1.29, 1.82) is 0 Å². The average Bonchev–Trinajstić information content (AvgIpc) is 2.80. The van der Waals surface area contributed by atoms with Crippen LogP contribution in [0.25, 0.3) is 0 Å². The number of ether oxygens (including phenoxy) is 1. The van der Waals surface area contributed by atoms with Gasteiger partial charge in [-0.3, -0.25) is 4.79 Å². The molecule has 0 spiro atoms. The van der Waals surface area contributed by atoms with Crippen LogP contribution in [-0.2, 0) is 0 Å². The van der Waals surface area contributed by atoms with Crippen LogP contribution in [0.15, 0.2) is 39.4 Å². The Balaban J connectivity index is 2.20. The minimum Gasteiger partial charge on any atom is -0.492 e. The first kappa shape index (κ1) is 13.7. The van der Waals surface area contributed by atoms with Gasteiger partial charge in [0.25, 0.3) is 5.91 Å². The molecule has 1 aromatic carbocycles. The molecule has 0 fully saturated rings. The molecule has 100 valence electrons. The third-order valence-corrected chi connectivity index (χ3v) is 2.91. The number of benzene rings is 1. The summed E-state index contributed by atoms with van der Waals surface area (Å²) in [7, 11) is 0. The van der Waals surface area contributed by atoms with Gasteiger partial charge < -0.3 is 14.5 Å². The quantitative estimate of drug-likeness (QED) is 0.925. The van der Waals surface area contributed by atoms with E-state index in [1.165, 1.54) is 0 Å². The molecule has 2 aromatic rings. The van der Waals surface area contributed by atoms with Crippen LogP contribution in [0, 0.1) is 6.92 Å². The van der Waals surface area contributed by atoms with E-state index in [1.807, 2.05) is 32.0 Å². The molecule has 0 aliphatic carbocycles. The van der Waals surface area contributed by atoms with Crippen molar-refractivity contribution in [3.63, 3.8) is 0 Å². The molecule has 0 atom stereocenters. The second kappa shape index (κ2) is 5.93. The maximum absolute atomic E-state index is 12.0. The Morgan fingerprint density at radius 2 is 2.16 bits per heavy atom. The molecule has 2 rings (SSSR count). The van der Waals surface area contributed by atoms with Gasteiger partial charge in [0.2, 0.25) is 0 Å². The summed E-state index contributed by atoms with van der Waals surface area (Å²) in [5.74, 6) is 0.590. The Bertz CT molecular complexity index is 592. The summed E-state index contributed by atoms with van der Waals surface area (Å²) in [6.07, 6.45) is 0. The van der Waals surface area contributed by atoms with E-state index in [2.05, 4.69) is 21.2 Å². The lowest BCUT2D eigenvalue weighted by Crippen LogP contribution is -2.12. The molecule has 0 saturated carbocycles. The third-order valence-electron chi connectivity index (χ3n) is 2.48. The van der Waals surface area contributed by atoms with Crippen molar-refractivity contribution in [3.05, 3.63) is 46.3 Å². The molecule has 0 radical (unpaired) electrons. The largest absolute Gasteiger partial charge is 0.492 e. The van der Waals surface area contributed by atoms with Crippen LogP contribution < -0.4 is 10.1 Å². The molecule has 1 aromatic heterocycles. The van der Waals surface area contributed by atoms with Crippen LogP contribution in [0.2, 0.25) is 0 Å². The zero-order valence-electron chi connectivity index (χ0n) is 10.7. The second-order valence-electron chi connectivity index (χ2n) is 3.99. The molecule has 0 bridgehead atoms. The van der Waals surface area contributed by atoms with Crippen molar-refractivity contribution >= 4 is 27.5 Å². The summed E-state index contributed by atoms with van der Waals surface area (Å²) in [6.45, 7) is 4.41. The number of nitrogens with one attached hydrogen (secondary N) is 1.